The molecule has 0 radical (unpaired) electrons. The Morgan fingerprint density at radius 2 is 1.62 bits per heavy atom. The number of hydrogen-bond acceptors (Lipinski definition) is 4. The molecule has 1 atom stereocenters. The van der Waals surface area contributed by atoms with E-state index < -0.39 is 34.3 Å². The molecule has 26 heavy (non-hydrogen) atoms. The second kappa shape index (κ2) is 10.4. The number of thiol groups is 1. The third-order valence-corrected chi connectivity index (χ3v) is 4.01. The van der Waals surface area contributed by atoms with Crippen molar-refractivity contribution in [2.75, 3.05) is 6.61 Å². The third kappa shape index (κ3) is 8.60. The van der Waals surface area contributed by atoms with E-state index in [2.05, 4.69) is 17.4 Å². The van der Waals surface area contributed by atoms with Crippen molar-refractivity contribution in [1.29, 1.82) is 0 Å². The van der Waals surface area contributed by atoms with Gasteiger partial charge in [-0.15, -0.1) is 12.6 Å². The fourth-order valence-electron chi connectivity index (χ4n) is 1.51. The van der Waals surface area contributed by atoms with Crippen LogP contribution in [-0.4, -0.2) is 37.1 Å². The minimum Gasteiger partial charge on any atom is -0.362 e. The molecule has 0 amide bonds. The third-order valence-electron chi connectivity index (χ3n) is 2.81. The van der Waals surface area contributed by atoms with E-state index in [1.807, 2.05) is 0 Å². The van der Waals surface area contributed by atoms with Gasteiger partial charge >= 0.3 is 21.5 Å². The Hall–Kier alpha value is -0.980. The molecule has 0 heterocycles. The number of hydrogen-bond donors (Lipinski definition) is 2. The fourth-order valence-corrected chi connectivity index (χ4v) is 2.13. The summed E-state index contributed by atoms with van der Waals surface area (Å²) in [5.74, 6) is -0.220. The first-order valence-electron chi connectivity index (χ1n) is 7.21. The molecule has 0 aromatic heterocycles. The summed E-state index contributed by atoms with van der Waals surface area (Å²) in [5, 5.41) is -5.43. The second-order valence-electron chi connectivity index (χ2n) is 5.01. The molecule has 152 valence electrons. The van der Waals surface area contributed by atoms with Gasteiger partial charge in [-0.3, -0.25) is 4.55 Å². The average molecular weight is 428 g/mol. The van der Waals surface area contributed by atoms with Crippen LogP contribution in [0, 0.1) is 5.82 Å². The average Bonchev–Trinajstić information content (AvgIpc) is 2.48. The highest BCUT2D eigenvalue weighted by Gasteiger charge is 2.64. The molecule has 1 N–H and O–H groups in total. The number of rotatable bonds is 7. The highest BCUT2D eigenvalue weighted by molar-refractivity contribution is 7.86. The van der Waals surface area contributed by atoms with E-state index in [1.54, 1.807) is 19.1 Å². The van der Waals surface area contributed by atoms with Crippen LogP contribution in [-0.2, 0) is 14.9 Å². The quantitative estimate of drug-likeness (QED) is 0.286. The summed E-state index contributed by atoms with van der Waals surface area (Å²) >= 11 is 3.97. The molecule has 1 aromatic rings. The summed E-state index contributed by atoms with van der Waals surface area (Å²) in [5.41, 5.74) is 0. The summed E-state index contributed by atoms with van der Waals surface area (Å²) in [4.78, 5) is 0.784. The molecular weight excluding hydrogens is 410 g/mol. The van der Waals surface area contributed by atoms with E-state index in [1.165, 1.54) is 12.1 Å². The zero-order valence-electron chi connectivity index (χ0n) is 13.5. The predicted octanol–water partition coefficient (Wildman–Crippen LogP) is 4.72. The molecule has 1 unspecified atom stereocenters. The number of alkyl halides is 5. The molecular formula is C14H18F6O4S2. The minimum atomic E-state index is -6.21. The Labute approximate surface area is 152 Å². The highest BCUT2D eigenvalue weighted by Crippen LogP contribution is 2.37. The maximum absolute atomic E-state index is 12.9. The summed E-state index contributed by atoms with van der Waals surface area (Å²) in [6.45, 7) is 1.05. The molecule has 0 fully saturated rings. The van der Waals surface area contributed by atoms with Crippen molar-refractivity contribution >= 4 is 22.7 Å². The van der Waals surface area contributed by atoms with E-state index >= 15 is 0 Å². The van der Waals surface area contributed by atoms with Gasteiger partial charge < -0.3 is 4.74 Å². The van der Waals surface area contributed by atoms with Crippen LogP contribution in [0.3, 0.4) is 0 Å². The molecule has 0 aliphatic heterocycles. The van der Waals surface area contributed by atoms with Crippen molar-refractivity contribution in [2.24, 2.45) is 0 Å². The van der Waals surface area contributed by atoms with Crippen LogP contribution in [0.4, 0.5) is 26.3 Å². The van der Waals surface area contributed by atoms with Gasteiger partial charge in [0.15, 0.2) is 0 Å². The van der Waals surface area contributed by atoms with E-state index in [4.69, 9.17) is 4.55 Å². The SMILES string of the molecule is CCCCCOC(C(F)(F)F)C(F)(F)S(=O)(=O)O.Fc1ccc(S)cc1. The van der Waals surface area contributed by atoms with Gasteiger partial charge in [-0.05, 0) is 30.7 Å². The van der Waals surface area contributed by atoms with Crippen LogP contribution in [0.5, 0.6) is 0 Å². The van der Waals surface area contributed by atoms with Crippen molar-refractivity contribution in [3.8, 4) is 0 Å². The van der Waals surface area contributed by atoms with Crippen LogP contribution in [0.2, 0.25) is 0 Å². The standard InChI is InChI=1S/C8H13F5O4S.C6H5FS/c1-2-3-4-5-17-6(7(9,10)11)8(12,13)18(14,15)16;7-5-1-3-6(8)4-2-5/h6H,2-5H2,1H3,(H,14,15,16);1-4,8H. The molecule has 1 aromatic carbocycles. The van der Waals surface area contributed by atoms with E-state index in [-0.39, 0.29) is 12.2 Å². The van der Waals surface area contributed by atoms with Crippen molar-refractivity contribution in [3.63, 3.8) is 0 Å². The van der Waals surface area contributed by atoms with E-state index in [0.717, 1.165) is 4.90 Å². The lowest BCUT2D eigenvalue weighted by Gasteiger charge is -2.26. The topological polar surface area (TPSA) is 63.6 Å². The lowest BCUT2D eigenvalue weighted by molar-refractivity contribution is -0.264. The molecule has 12 heteroatoms. The predicted molar refractivity (Wildman–Crippen MR) is 85.5 cm³/mol. The first-order chi connectivity index (χ1) is 11.7. The Bertz CT molecular complexity index is 611. The lowest BCUT2D eigenvalue weighted by Crippen LogP contribution is -2.51. The molecule has 0 aliphatic rings. The zero-order chi connectivity index (χ0) is 20.6. The van der Waals surface area contributed by atoms with Crippen LogP contribution in [0.25, 0.3) is 0 Å². The molecule has 4 nitrogen and oxygen atoms in total. The number of ether oxygens (including phenoxy) is 1. The van der Waals surface area contributed by atoms with Crippen LogP contribution < -0.4 is 0 Å². The Morgan fingerprint density at radius 1 is 1.12 bits per heavy atom. The van der Waals surface area contributed by atoms with Gasteiger partial charge in [0.05, 0.1) is 0 Å². The monoisotopic (exact) mass is 428 g/mol. The van der Waals surface area contributed by atoms with Crippen LogP contribution >= 0.6 is 12.6 Å². The van der Waals surface area contributed by atoms with Gasteiger partial charge in [-0.1, -0.05) is 19.8 Å². The molecule has 0 aliphatic carbocycles. The second-order valence-corrected chi connectivity index (χ2v) is 7.02. The fraction of sp³-hybridized carbons (Fsp3) is 0.571. The van der Waals surface area contributed by atoms with Gasteiger partial charge in [0, 0.05) is 11.5 Å². The largest absolute Gasteiger partial charge is 0.421 e. The van der Waals surface area contributed by atoms with Crippen molar-refractivity contribution in [3.05, 3.63) is 30.1 Å². The zero-order valence-corrected chi connectivity index (χ0v) is 15.2. The maximum atomic E-state index is 12.9. The first-order valence-corrected chi connectivity index (χ1v) is 9.10. The number of benzene rings is 1. The Kier molecular flexibility index (Phi) is 9.99. The molecule has 0 saturated carbocycles. The van der Waals surface area contributed by atoms with Gasteiger partial charge in [-0.2, -0.15) is 30.4 Å². The minimum absolute atomic E-state index is 0.0740. The van der Waals surface area contributed by atoms with Crippen molar-refractivity contribution in [1.82, 2.24) is 0 Å². The highest BCUT2D eigenvalue weighted by atomic mass is 32.2. The van der Waals surface area contributed by atoms with Gasteiger partial charge in [-0.25, -0.2) is 4.39 Å². The van der Waals surface area contributed by atoms with E-state index in [0.29, 0.717) is 12.8 Å². The number of unbranched alkanes of at least 4 members (excludes halogenated alkanes) is 2. The molecule has 1 rings (SSSR count). The van der Waals surface area contributed by atoms with Crippen molar-refractivity contribution in [2.45, 2.75) is 48.6 Å². The van der Waals surface area contributed by atoms with Gasteiger partial charge in [0.2, 0.25) is 6.10 Å². The van der Waals surface area contributed by atoms with Crippen LogP contribution in [0.15, 0.2) is 29.2 Å². The number of halogens is 6. The summed E-state index contributed by atoms with van der Waals surface area (Å²) < 4.78 is 107. The van der Waals surface area contributed by atoms with Crippen molar-refractivity contribution < 1.29 is 44.0 Å². The Balaban J connectivity index is 0.000000642. The normalized spacial score (nSPS) is 13.7. The Morgan fingerprint density at radius 3 is 1.96 bits per heavy atom. The molecule has 0 spiro atoms. The van der Waals surface area contributed by atoms with Gasteiger partial charge in [0.1, 0.15) is 5.82 Å². The molecule has 0 saturated heterocycles. The maximum Gasteiger partial charge on any atom is 0.421 e. The summed E-state index contributed by atoms with van der Waals surface area (Å²) in [7, 11) is -6.21. The summed E-state index contributed by atoms with van der Waals surface area (Å²) in [6.07, 6.45) is -8.34. The summed E-state index contributed by atoms with van der Waals surface area (Å²) in [6, 6.07) is 5.97. The molecule has 0 bridgehead atoms. The first kappa shape index (κ1) is 25.0. The smallest absolute Gasteiger partial charge is 0.362 e. The van der Waals surface area contributed by atoms with Gasteiger partial charge in [0.25, 0.3) is 0 Å². The van der Waals surface area contributed by atoms with Crippen LogP contribution in [0.1, 0.15) is 26.2 Å². The van der Waals surface area contributed by atoms with E-state index in [9.17, 15) is 34.8 Å². The lowest BCUT2D eigenvalue weighted by atomic mass is 10.2.